The Kier molecular flexibility index (Phi) is 6.67. The van der Waals surface area contributed by atoms with Crippen LogP contribution >= 0.6 is 0 Å². The van der Waals surface area contributed by atoms with Crippen molar-refractivity contribution in [2.75, 3.05) is 27.4 Å². The number of rotatable bonds is 8. The van der Waals surface area contributed by atoms with Gasteiger partial charge in [0.05, 0.1) is 6.61 Å². The molecule has 96 valence electrons. The Balaban J connectivity index is 2.63. The van der Waals surface area contributed by atoms with E-state index < -0.39 is 0 Å². The van der Waals surface area contributed by atoms with E-state index in [0.29, 0.717) is 12.6 Å². The quantitative estimate of drug-likeness (QED) is 0.705. The maximum absolute atomic E-state index is 5.80. The van der Waals surface area contributed by atoms with Crippen LogP contribution in [0.1, 0.15) is 31.4 Å². The zero-order chi connectivity index (χ0) is 12.5. The summed E-state index contributed by atoms with van der Waals surface area (Å²) in [7, 11) is 3.69. The molecule has 0 radical (unpaired) electrons. The van der Waals surface area contributed by atoms with Gasteiger partial charge in [0.25, 0.3) is 0 Å². The molecule has 1 unspecified atom stereocenters. The molecular formula is C14H23NO2. The van der Waals surface area contributed by atoms with Crippen molar-refractivity contribution >= 4 is 0 Å². The van der Waals surface area contributed by atoms with Crippen LogP contribution in [0.4, 0.5) is 0 Å². The number of nitrogens with one attached hydrogen (secondary N) is 1. The first-order valence-electron chi connectivity index (χ1n) is 6.21. The summed E-state index contributed by atoms with van der Waals surface area (Å²) in [5.41, 5.74) is 1.23. The van der Waals surface area contributed by atoms with E-state index in [1.807, 2.05) is 19.2 Å². The van der Waals surface area contributed by atoms with Gasteiger partial charge in [0.15, 0.2) is 0 Å². The fourth-order valence-corrected chi connectivity index (χ4v) is 1.86. The third-order valence-corrected chi connectivity index (χ3v) is 2.80. The Hall–Kier alpha value is -1.06. The number of benzene rings is 1. The standard InChI is InChI=1S/C14H23NO2/c1-4-13(15-2)12-8-5-6-9-14(12)17-11-7-10-16-3/h5-6,8-9,13,15H,4,7,10-11H2,1-3H3. The molecule has 0 bridgehead atoms. The lowest BCUT2D eigenvalue weighted by Crippen LogP contribution is -2.16. The van der Waals surface area contributed by atoms with Crippen molar-refractivity contribution in [1.29, 1.82) is 0 Å². The topological polar surface area (TPSA) is 30.5 Å². The molecule has 3 heteroatoms. The molecule has 0 spiro atoms. The predicted molar refractivity (Wildman–Crippen MR) is 70.5 cm³/mol. The highest BCUT2D eigenvalue weighted by molar-refractivity contribution is 5.35. The molecule has 0 amide bonds. The van der Waals surface area contributed by atoms with Crippen molar-refractivity contribution in [3.8, 4) is 5.75 Å². The first kappa shape index (κ1) is 14.0. The van der Waals surface area contributed by atoms with Gasteiger partial charge in [-0.05, 0) is 19.5 Å². The molecule has 1 atom stereocenters. The van der Waals surface area contributed by atoms with Gasteiger partial charge in [-0.1, -0.05) is 25.1 Å². The molecule has 0 aliphatic carbocycles. The van der Waals surface area contributed by atoms with Gasteiger partial charge < -0.3 is 14.8 Å². The highest BCUT2D eigenvalue weighted by atomic mass is 16.5. The van der Waals surface area contributed by atoms with Crippen LogP contribution in [-0.4, -0.2) is 27.4 Å². The van der Waals surface area contributed by atoms with Gasteiger partial charge in [-0.15, -0.1) is 0 Å². The first-order valence-corrected chi connectivity index (χ1v) is 6.21. The van der Waals surface area contributed by atoms with Gasteiger partial charge in [0.1, 0.15) is 5.75 Å². The average molecular weight is 237 g/mol. The van der Waals surface area contributed by atoms with E-state index in [9.17, 15) is 0 Å². The maximum atomic E-state index is 5.80. The summed E-state index contributed by atoms with van der Waals surface area (Å²) in [4.78, 5) is 0. The fourth-order valence-electron chi connectivity index (χ4n) is 1.86. The molecule has 3 nitrogen and oxygen atoms in total. The summed E-state index contributed by atoms with van der Waals surface area (Å²) in [5, 5.41) is 3.31. The Morgan fingerprint density at radius 2 is 2.00 bits per heavy atom. The van der Waals surface area contributed by atoms with E-state index in [1.165, 1.54) is 5.56 Å². The van der Waals surface area contributed by atoms with Crippen LogP contribution in [0.15, 0.2) is 24.3 Å². The second-order valence-electron chi connectivity index (χ2n) is 3.98. The minimum Gasteiger partial charge on any atom is -0.493 e. The van der Waals surface area contributed by atoms with E-state index in [-0.39, 0.29) is 0 Å². The molecule has 1 N–H and O–H groups in total. The van der Waals surface area contributed by atoms with E-state index in [2.05, 4.69) is 24.4 Å². The van der Waals surface area contributed by atoms with Gasteiger partial charge in [0.2, 0.25) is 0 Å². The van der Waals surface area contributed by atoms with Gasteiger partial charge in [0, 0.05) is 31.7 Å². The molecule has 17 heavy (non-hydrogen) atoms. The number of hydrogen-bond donors (Lipinski definition) is 1. The molecule has 0 saturated carbocycles. The molecule has 0 aliphatic heterocycles. The largest absolute Gasteiger partial charge is 0.493 e. The second-order valence-corrected chi connectivity index (χ2v) is 3.98. The highest BCUT2D eigenvalue weighted by Crippen LogP contribution is 2.26. The molecule has 0 saturated heterocycles. The average Bonchev–Trinajstić information content (AvgIpc) is 2.38. The Labute approximate surface area is 104 Å². The summed E-state index contributed by atoms with van der Waals surface area (Å²) in [5.74, 6) is 0.977. The predicted octanol–water partition coefficient (Wildman–Crippen LogP) is 2.77. The minimum atomic E-state index is 0.355. The lowest BCUT2D eigenvalue weighted by Gasteiger charge is -2.18. The molecule has 0 heterocycles. The van der Waals surface area contributed by atoms with Crippen LogP contribution in [0.3, 0.4) is 0 Å². The van der Waals surface area contributed by atoms with Crippen LogP contribution in [0.25, 0.3) is 0 Å². The SMILES string of the molecule is CCC(NC)c1ccccc1OCCCOC. The van der Waals surface area contributed by atoms with Crippen LogP contribution in [-0.2, 0) is 4.74 Å². The van der Waals surface area contributed by atoms with E-state index in [1.54, 1.807) is 7.11 Å². The van der Waals surface area contributed by atoms with Gasteiger partial charge in [-0.25, -0.2) is 0 Å². The molecule has 1 aromatic rings. The summed E-state index contributed by atoms with van der Waals surface area (Å²) in [6.07, 6.45) is 1.97. The third kappa shape index (κ3) is 4.36. The van der Waals surface area contributed by atoms with Crippen molar-refractivity contribution < 1.29 is 9.47 Å². The van der Waals surface area contributed by atoms with Crippen molar-refractivity contribution in [2.24, 2.45) is 0 Å². The van der Waals surface area contributed by atoms with Crippen molar-refractivity contribution in [3.63, 3.8) is 0 Å². The third-order valence-electron chi connectivity index (χ3n) is 2.80. The van der Waals surface area contributed by atoms with E-state index in [0.717, 1.165) is 25.2 Å². The van der Waals surface area contributed by atoms with Gasteiger partial charge in [-0.3, -0.25) is 0 Å². The monoisotopic (exact) mass is 237 g/mol. The highest BCUT2D eigenvalue weighted by Gasteiger charge is 2.11. The Morgan fingerprint density at radius 3 is 2.65 bits per heavy atom. The van der Waals surface area contributed by atoms with Gasteiger partial charge in [-0.2, -0.15) is 0 Å². The van der Waals surface area contributed by atoms with Crippen LogP contribution in [0, 0.1) is 0 Å². The molecular weight excluding hydrogens is 214 g/mol. The molecule has 0 fully saturated rings. The van der Waals surface area contributed by atoms with E-state index in [4.69, 9.17) is 9.47 Å². The lowest BCUT2D eigenvalue weighted by molar-refractivity contribution is 0.171. The number of para-hydroxylation sites is 1. The molecule has 0 aromatic heterocycles. The molecule has 0 aliphatic rings. The van der Waals surface area contributed by atoms with Crippen LogP contribution in [0.2, 0.25) is 0 Å². The number of hydrogen-bond acceptors (Lipinski definition) is 3. The summed E-state index contributed by atoms with van der Waals surface area (Å²) in [6, 6.07) is 8.57. The zero-order valence-electron chi connectivity index (χ0n) is 11.0. The second kappa shape index (κ2) is 8.09. The normalized spacial score (nSPS) is 12.4. The Morgan fingerprint density at radius 1 is 1.24 bits per heavy atom. The van der Waals surface area contributed by atoms with Crippen molar-refractivity contribution in [2.45, 2.75) is 25.8 Å². The lowest BCUT2D eigenvalue weighted by atomic mass is 10.0. The van der Waals surface area contributed by atoms with Crippen molar-refractivity contribution in [3.05, 3.63) is 29.8 Å². The number of methoxy groups -OCH3 is 1. The smallest absolute Gasteiger partial charge is 0.124 e. The number of ether oxygens (including phenoxy) is 2. The molecule has 1 rings (SSSR count). The maximum Gasteiger partial charge on any atom is 0.124 e. The minimum absolute atomic E-state index is 0.355. The summed E-state index contributed by atoms with van der Waals surface area (Å²) >= 11 is 0. The fraction of sp³-hybridized carbons (Fsp3) is 0.571. The summed E-state index contributed by atoms with van der Waals surface area (Å²) < 4.78 is 10.8. The zero-order valence-corrected chi connectivity index (χ0v) is 11.0. The first-order chi connectivity index (χ1) is 8.33. The molecule has 1 aromatic carbocycles. The van der Waals surface area contributed by atoms with Crippen LogP contribution < -0.4 is 10.1 Å². The van der Waals surface area contributed by atoms with E-state index >= 15 is 0 Å². The van der Waals surface area contributed by atoms with Crippen LogP contribution in [0.5, 0.6) is 5.75 Å². The Bertz CT molecular complexity index is 311. The van der Waals surface area contributed by atoms with Crippen molar-refractivity contribution in [1.82, 2.24) is 5.32 Å². The van der Waals surface area contributed by atoms with Gasteiger partial charge >= 0.3 is 0 Å². The summed E-state index contributed by atoms with van der Waals surface area (Å²) in [6.45, 7) is 3.61.